The molecule has 1 saturated heterocycles. The number of amides is 1. The molecule has 2 aliphatic rings. The second-order valence-corrected chi connectivity index (χ2v) is 10.2. The number of anilines is 1. The van der Waals surface area contributed by atoms with Gasteiger partial charge in [-0.25, -0.2) is 9.79 Å². The Balaban J connectivity index is 1.45. The molecular formula is C29H28F6N4O+2. The lowest BCUT2D eigenvalue weighted by Gasteiger charge is -2.18. The van der Waals surface area contributed by atoms with Gasteiger partial charge >= 0.3 is 24.1 Å². The van der Waals surface area contributed by atoms with E-state index in [0.717, 1.165) is 55.4 Å². The molecule has 0 bridgehead atoms. The number of benzene rings is 2. The van der Waals surface area contributed by atoms with Crippen molar-refractivity contribution in [1.29, 1.82) is 0 Å². The summed E-state index contributed by atoms with van der Waals surface area (Å²) in [7, 11) is 0. The summed E-state index contributed by atoms with van der Waals surface area (Å²) in [6, 6.07) is 10.7. The number of fused-ring (bicyclic) bond motifs is 1. The van der Waals surface area contributed by atoms with Crippen LogP contribution in [0.25, 0.3) is 10.9 Å². The van der Waals surface area contributed by atoms with Crippen molar-refractivity contribution in [2.24, 2.45) is 5.92 Å². The molecule has 2 aromatic carbocycles. The normalized spacial score (nSPS) is 19.7. The van der Waals surface area contributed by atoms with Crippen LogP contribution in [0.2, 0.25) is 0 Å². The van der Waals surface area contributed by atoms with Gasteiger partial charge in [-0.2, -0.15) is 31.3 Å². The van der Waals surface area contributed by atoms with E-state index in [2.05, 4.69) is 14.9 Å². The third-order valence-corrected chi connectivity index (χ3v) is 7.36. The Kier molecular flexibility index (Phi) is 7.65. The number of carbonyl (C=O) groups excluding carboxylic acids is 1. The number of rotatable bonds is 4. The van der Waals surface area contributed by atoms with E-state index in [0.29, 0.717) is 36.5 Å². The van der Waals surface area contributed by atoms with Crippen molar-refractivity contribution < 1.29 is 41.1 Å². The Morgan fingerprint density at radius 3 is 2.25 bits per heavy atom. The first-order valence-electron chi connectivity index (χ1n) is 13.2. The molecule has 3 aromatic rings. The second-order valence-electron chi connectivity index (χ2n) is 10.2. The maximum atomic E-state index is 13.3. The zero-order valence-corrected chi connectivity index (χ0v) is 21.5. The van der Waals surface area contributed by atoms with E-state index >= 15 is 0 Å². The van der Waals surface area contributed by atoms with Crippen molar-refractivity contribution in [2.75, 3.05) is 18.0 Å². The van der Waals surface area contributed by atoms with Gasteiger partial charge in [-0.15, -0.1) is 0 Å². The summed E-state index contributed by atoms with van der Waals surface area (Å²) in [5, 5.41) is 1.05. The van der Waals surface area contributed by atoms with Gasteiger partial charge in [-0.1, -0.05) is 18.6 Å². The van der Waals surface area contributed by atoms with Crippen molar-refractivity contribution in [3.05, 3.63) is 65.2 Å². The highest BCUT2D eigenvalue weighted by Gasteiger charge is 2.38. The van der Waals surface area contributed by atoms with Gasteiger partial charge in [0.25, 0.3) is 0 Å². The smallest absolute Gasteiger partial charge is 0.371 e. The molecular weight excluding hydrogens is 534 g/mol. The largest absolute Gasteiger partial charge is 0.417 e. The Morgan fingerprint density at radius 2 is 1.57 bits per heavy atom. The number of aromatic nitrogens is 1. The molecule has 2 fully saturated rings. The predicted molar refractivity (Wildman–Crippen MR) is 139 cm³/mol. The number of pyridine rings is 1. The van der Waals surface area contributed by atoms with Gasteiger partial charge in [-0.05, 0) is 61.0 Å². The van der Waals surface area contributed by atoms with Crippen LogP contribution in [0.1, 0.15) is 60.0 Å². The van der Waals surface area contributed by atoms with Crippen LogP contribution in [0.4, 0.5) is 37.8 Å². The van der Waals surface area contributed by atoms with E-state index in [1.807, 2.05) is 30.3 Å². The molecule has 2 heterocycles. The number of hydrogen-bond donors (Lipinski definition) is 2. The predicted octanol–water partition coefficient (Wildman–Crippen LogP) is 4.21. The molecule has 210 valence electrons. The molecule has 1 saturated carbocycles. The quantitative estimate of drug-likeness (QED) is 0.370. The molecule has 0 spiro atoms. The number of nitrogens with one attached hydrogen (secondary N) is 2. The number of hydrogen-bond acceptors (Lipinski definition) is 3. The van der Waals surface area contributed by atoms with E-state index in [4.69, 9.17) is 4.98 Å². The summed E-state index contributed by atoms with van der Waals surface area (Å²) < 4.78 is 79.7. The van der Waals surface area contributed by atoms with E-state index in [1.54, 1.807) is 6.21 Å². The van der Waals surface area contributed by atoms with Crippen LogP contribution in [0.5, 0.6) is 0 Å². The topological polar surface area (TPSA) is 61.1 Å². The average molecular weight is 563 g/mol. The van der Waals surface area contributed by atoms with Gasteiger partial charge in [0.15, 0.2) is 11.2 Å². The van der Waals surface area contributed by atoms with Crippen LogP contribution in [0.3, 0.4) is 0 Å². The number of nitrogens with zero attached hydrogens (tertiary/aromatic N) is 2. The van der Waals surface area contributed by atoms with Crippen LogP contribution in [-0.2, 0) is 12.4 Å². The van der Waals surface area contributed by atoms with Crippen molar-refractivity contribution in [3.8, 4) is 0 Å². The van der Waals surface area contributed by atoms with Crippen molar-refractivity contribution in [2.45, 2.75) is 50.9 Å². The third-order valence-electron chi connectivity index (χ3n) is 7.36. The summed E-state index contributed by atoms with van der Waals surface area (Å²) in [5.74, 6) is -0.675. The van der Waals surface area contributed by atoms with Crippen molar-refractivity contribution in [1.82, 2.24) is 4.98 Å². The first-order chi connectivity index (χ1) is 19.0. The van der Waals surface area contributed by atoms with E-state index in [9.17, 15) is 31.1 Å². The van der Waals surface area contributed by atoms with E-state index in [1.165, 1.54) is 0 Å². The van der Waals surface area contributed by atoms with Crippen LogP contribution in [0, 0.1) is 5.92 Å². The number of alkyl halides is 6. The average Bonchev–Trinajstić information content (AvgIpc) is 3.46. The van der Waals surface area contributed by atoms with Gasteiger partial charge in [-0.3, -0.25) is 0 Å². The summed E-state index contributed by atoms with van der Waals surface area (Å²) in [6.07, 6.45) is -3.34. The summed E-state index contributed by atoms with van der Waals surface area (Å²) in [6.45, 7) is 1.91. The van der Waals surface area contributed by atoms with Gasteiger partial charge in [0, 0.05) is 24.9 Å². The molecule has 1 aromatic heterocycles. The molecule has 2 N–H and O–H groups in total. The van der Waals surface area contributed by atoms with Gasteiger partial charge in [0.1, 0.15) is 0 Å². The highest BCUT2D eigenvalue weighted by molar-refractivity contribution is 5.99. The maximum Gasteiger partial charge on any atom is 0.417 e. The minimum atomic E-state index is -5.03. The lowest BCUT2D eigenvalue weighted by atomic mass is 9.88. The molecule has 5 nitrogen and oxygen atoms in total. The lowest BCUT2D eigenvalue weighted by molar-refractivity contribution is -0.360. The Morgan fingerprint density at radius 1 is 0.900 bits per heavy atom. The fraction of sp³-hybridized carbons (Fsp3) is 0.379. The van der Waals surface area contributed by atoms with Gasteiger partial charge < -0.3 is 4.90 Å². The monoisotopic (exact) mass is 562 g/mol. The molecule has 1 aliphatic carbocycles. The fourth-order valence-electron chi connectivity index (χ4n) is 5.32. The molecule has 1 atom stereocenters. The minimum Gasteiger partial charge on any atom is -0.371 e. The summed E-state index contributed by atoms with van der Waals surface area (Å²) in [4.78, 5) is 25.8. The van der Waals surface area contributed by atoms with Crippen molar-refractivity contribution in [3.63, 3.8) is 0 Å². The second kappa shape index (κ2) is 11.0. The molecule has 5 rings (SSSR count). The van der Waals surface area contributed by atoms with E-state index in [-0.39, 0.29) is 12.0 Å². The zero-order valence-electron chi connectivity index (χ0n) is 21.5. The molecule has 0 radical (unpaired) electrons. The summed E-state index contributed by atoms with van der Waals surface area (Å²) >= 11 is 0. The fourth-order valence-corrected chi connectivity index (χ4v) is 5.32. The lowest BCUT2D eigenvalue weighted by Crippen LogP contribution is -2.80. The molecule has 40 heavy (non-hydrogen) atoms. The zero-order chi connectivity index (χ0) is 28.5. The highest BCUT2D eigenvalue weighted by atomic mass is 19.4. The van der Waals surface area contributed by atoms with Crippen LogP contribution < -0.4 is 14.9 Å². The van der Waals surface area contributed by atoms with Crippen LogP contribution in [0.15, 0.2) is 48.5 Å². The Hall–Kier alpha value is -3.76. The molecule has 1 amide bonds. The Labute approximate surface area is 226 Å². The number of halogens is 6. The van der Waals surface area contributed by atoms with E-state index < -0.39 is 35.0 Å². The minimum absolute atomic E-state index is 0.0119. The van der Waals surface area contributed by atoms with Gasteiger partial charge in [0.2, 0.25) is 0 Å². The van der Waals surface area contributed by atoms with Crippen molar-refractivity contribution >= 4 is 40.2 Å². The van der Waals surface area contributed by atoms with Gasteiger partial charge in [0.05, 0.1) is 40.6 Å². The highest BCUT2D eigenvalue weighted by Crippen LogP contribution is 2.36. The SMILES string of the molecule is O=C([NH+]=C1CCCCC1C=[NH+]c1cc(N2CCCC2)c2ccccc2n1)c1cc(C(F)(F)F)cc(C(F)(F)F)c1. The third kappa shape index (κ3) is 6.18. The number of carbonyl (C=O) groups is 1. The summed E-state index contributed by atoms with van der Waals surface area (Å²) in [5.41, 5.74) is -1.31. The number of para-hydroxylation sites is 1. The standard InChI is InChI=1S/C29H26F6N4O/c30-28(31,32)20-13-19(14-21(15-20)29(33,34)35)27(40)38-23-9-3-1-7-18(23)17-36-26-16-25(39-11-5-6-12-39)22-8-2-4-10-24(22)37-26/h2,4,8,10,13-18H,1,3,5-7,9,11-12H2/p+2. The van der Waals surface area contributed by atoms with Crippen LogP contribution >= 0.6 is 0 Å². The maximum absolute atomic E-state index is 13.3. The molecule has 11 heteroatoms. The first kappa shape index (κ1) is 27.8. The van der Waals surface area contributed by atoms with Crippen LogP contribution in [-0.4, -0.2) is 35.9 Å². The molecule has 1 unspecified atom stereocenters. The first-order valence-corrected chi connectivity index (χ1v) is 13.2. The Bertz CT molecular complexity index is 1440. The molecule has 1 aliphatic heterocycles.